The van der Waals surface area contributed by atoms with Gasteiger partial charge in [-0.3, -0.25) is 4.79 Å². The minimum absolute atomic E-state index is 0.0803. The third-order valence-electron chi connectivity index (χ3n) is 4.49. The number of nitrogens with one attached hydrogen (secondary N) is 1. The third kappa shape index (κ3) is 4.93. The Morgan fingerprint density at radius 2 is 1.65 bits per heavy atom. The molecule has 2 aromatic rings. The molecule has 0 bridgehead atoms. The molecule has 1 fully saturated rings. The molecule has 0 atom stereocenters. The zero-order chi connectivity index (χ0) is 18.6. The molecule has 0 radical (unpaired) electrons. The summed E-state index contributed by atoms with van der Waals surface area (Å²) in [6, 6.07) is 15.9. The Kier molecular flexibility index (Phi) is 6.11. The molecule has 7 heteroatoms. The van der Waals surface area contributed by atoms with Crippen LogP contribution in [0.1, 0.15) is 18.4 Å². The highest BCUT2D eigenvalue weighted by Gasteiger charge is 2.26. The van der Waals surface area contributed by atoms with Gasteiger partial charge in [0.05, 0.1) is 11.3 Å². The smallest absolute Gasteiger partial charge is 0.240 e. The van der Waals surface area contributed by atoms with Crippen molar-refractivity contribution in [3.63, 3.8) is 0 Å². The first-order valence-electron chi connectivity index (χ1n) is 8.54. The van der Waals surface area contributed by atoms with Crippen molar-refractivity contribution in [2.45, 2.75) is 30.2 Å². The van der Waals surface area contributed by atoms with Crippen LogP contribution in [0.3, 0.4) is 0 Å². The maximum absolute atomic E-state index is 12.4. The van der Waals surface area contributed by atoms with Crippen LogP contribution in [0.4, 0.5) is 0 Å². The first-order chi connectivity index (χ1) is 12.4. The van der Waals surface area contributed by atoms with Crippen LogP contribution in [0.5, 0.6) is 0 Å². The number of sulfonamides is 1. The Bertz CT molecular complexity index is 846. The normalized spacial score (nSPS) is 15.8. The van der Waals surface area contributed by atoms with Gasteiger partial charge in [-0.05, 0) is 42.7 Å². The van der Waals surface area contributed by atoms with Crippen LogP contribution < -0.4 is 4.72 Å². The van der Waals surface area contributed by atoms with Gasteiger partial charge in [-0.2, -0.15) is 0 Å². The topological polar surface area (TPSA) is 66.5 Å². The number of carbonyl (C=O) groups excluding carboxylic acids is 1. The van der Waals surface area contributed by atoms with E-state index in [4.69, 9.17) is 0 Å². The molecule has 0 saturated carbocycles. The molecule has 0 unspecified atom stereocenters. The number of halogens is 1. The van der Waals surface area contributed by atoms with Crippen LogP contribution >= 0.6 is 15.9 Å². The molecule has 5 nitrogen and oxygen atoms in total. The Labute approximate surface area is 162 Å². The number of likely N-dealkylation sites (tertiary alicyclic amines) is 1. The van der Waals surface area contributed by atoms with E-state index in [1.54, 1.807) is 30.3 Å². The van der Waals surface area contributed by atoms with Crippen molar-refractivity contribution < 1.29 is 13.2 Å². The number of carbonyl (C=O) groups is 1. The van der Waals surface area contributed by atoms with Gasteiger partial charge in [0.2, 0.25) is 15.9 Å². The lowest BCUT2D eigenvalue weighted by Gasteiger charge is -2.32. The maximum atomic E-state index is 12.4. The van der Waals surface area contributed by atoms with Crippen LogP contribution in [-0.4, -0.2) is 38.4 Å². The van der Waals surface area contributed by atoms with Crippen LogP contribution in [-0.2, 0) is 21.2 Å². The van der Waals surface area contributed by atoms with Crippen molar-refractivity contribution in [1.82, 2.24) is 9.62 Å². The zero-order valence-corrected chi connectivity index (χ0v) is 16.7. The minimum atomic E-state index is -3.51. The van der Waals surface area contributed by atoms with Crippen LogP contribution in [0.2, 0.25) is 0 Å². The zero-order valence-electron chi connectivity index (χ0n) is 14.3. The molecule has 138 valence electrons. The predicted molar refractivity (Wildman–Crippen MR) is 104 cm³/mol. The monoisotopic (exact) mass is 436 g/mol. The average Bonchev–Trinajstić information content (AvgIpc) is 2.64. The van der Waals surface area contributed by atoms with Gasteiger partial charge in [0.25, 0.3) is 0 Å². The lowest BCUT2D eigenvalue weighted by atomic mass is 10.0. The first kappa shape index (κ1) is 19.1. The molecule has 2 aromatic carbocycles. The summed E-state index contributed by atoms with van der Waals surface area (Å²) < 4.78 is 28.5. The van der Waals surface area contributed by atoms with E-state index in [1.807, 2.05) is 29.2 Å². The highest BCUT2D eigenvalue weighted by molar-refractivity contribution is 9.10. The van der Waals surface area contributed by atoms with Gasteiger partial charge >= 0.3 is 0 Å². The second kappa shape index (κ2) is 8.33. The summed E-state index contributed by atoms with van der Waals surface area (Å²) in [5.74, 6) is 0.0803. The fourth-order valence-corrected chi connectivity index (χ4v) is 4.61. The van der Waals surface area contributed by atoms with Crippen LogP contribution in [0.15, 0.2) is 64.0 Å². The van der Waals surface area contributed by atoms with Crippen molar-refractivity contribution in [1.29, 1.82) is 0 Å². The van der Waals surface area contributed by atoms with E-state index in [-0.39, 0.29) is 16.8 Å². The molecule has 0 aliphatic carbocycles. The fourth-order valence-electron chi connectivity index (χ4n) is 3.02. The Balaban J connectivity index is 1.52. The Morgan fingerprint density at radius 3 is 2.27 bits per heavy atom. The summed E-state index contributed by atoms with van der Waals surface area (Å²) in [4.78, 5) is 14.5. The van der Waals surface area contributed by atoms with Crippen LogP contribution in [0, 0.1) is 0 Å². The molecule has 26 heavy (non-hydrogen) atoms. The van der Waals surface area contributed by atoms with Crippen molar-refractivity contribution in [3.05, 3.63) is 64.6 Å². The summed E-state index contributed by atoms with van der Waals surface area (Å²) in [6.07, 6.45) is 1.62. The third-order valence-corrected chi connectivity index (χ3v) is 6.56. The average molecular weight is 437 g/mol. The maximum Gasteiger partial charge on any atom is 0.240 e. The van der Waals surface area contributed by atoms with Gasteiger partial charge in [0.1, 0.15) is 0 Å². The number of piperidine rings is 1. The summed E-state index contributed by atoms with van der Waals surface area (Å²) in [5, 5.41) is 0. The lowest BCUT2D eigenvalue weighted by Crippen LogP contribution is -2.46. The number of hydrogen-bond acceptors (Lipinski definition) is 3. The molecule has 1 aliphatic heterocycles. The van der Waals surface area contributed by atoms with Crippen molar-refractivity contribution in [2.75, 3.05) is 13.1 Å². The Hall–Kier alpha value is -1.70. The van der Waals surface area contributed by atoms with Gasteiger partial charge in [-0.25, -0.2) is 13.1 Å². The molecule has 1 heterocycles. The van der Waals surface area contributed by atoms with E-state index in [2.05, 4.69) is 20.7 Å². The minimum Gasteiger partial charge on any atom is -0.342 e. The largest absolute Gasteiger partial charge is 0.342 e. The molecule has 1 aliphatic rings. The quantitative estimate of drug-likeness (QED) is 0.783. The lowest BCUT2D eigenvalue weighted by molar-refractivity contribution is -0.131. The molecule has 3 rings (SSSR count). The van der Waals surface area contributed by atoms with Gasteiger partial charge in [-0.15, -0.1) is 0 Å². The molecule has 1 amide bonds. The van der Waals surface area contributed by atoms with E-state index >= 15 is 0 Å². The molecular formula is C19H21BrN2O3S. The number of amides is 1. The molecule has 1 saturated heterocycles. The second-order valence-electron chi connectivity index (χ2n) is 6.39. The van der Waals surface area contributed by atoms with Crippen LogP contribution in [0.25, 0.3) is 0 Å². The van der Waals surface area contributed by atoms with Crippen molar-refractivity contribution >= 4 is 31.9 Å². The van der Waals surface area contributed by atoms with E-state index in [0.717, 1.165) is 10.0 Å². The summed E-state index contributed by atoms with van der Waals surface area (Å²) in [5.41, 5.74) is 0.977. The molecule has 0 aromatic heterocycles. The number of nitrogens with zero attached hydrogens (tertiary/aromatic N) is 1. The second-order valence-corrected chi connectivity index (χ2v) is 9.02. The van der Waals surface area contributed by atoms with E-state index in [9.17, 15) is 13.2 Å². The molecular weight excluding hydrogens is 416 g/mol. The van der Waals surface area contributed by atoms with Gasteiger partial charge in [0.15, 0.2) is 0 Å². The van der Waals surface area contributed by atoms with Gasteiger partial charge < -0.3 is 4.90 Å². The van der Waals surface area contributed by atoms with E-state index in [0.29, 0.717) is 32.4 Å². The summed E-state index contributed by atoms with van der Waals surface area (Å²) in [7, 11) is -3.51. The standard InChI is InChI=1S/C19H21BrN2O3S/c20-16-8-6-15(7-9-16)14-19(23)22-12-10-17(11-13-22)21-26(24,25)18-4-2-1-3-5-18/h1-9,17,21H,10-14H2. The first-order valence-corrected chi connectivity index (χ1v) is 10.8. The molecule has 0 spiro atoms. The Morgan fingerprint density at radius 1 is 1.04 bits per heavy atom. The molecule has 1 N–H and O–H groups in total. The van der Waals surface area contributed by atoms with Gasteiger partial charge in [-0.1, -0.05) is 46.3 Å². The van der Waals surface area contributed by atoms with Gasteiger partial charge in [0, 0.05) is 23.6 Å². The predicted octanol–water partition coefficient (Wildman–Crippen LogP) is 2.96. The van der Waals surface area contributed by atoms with E-state index < -0.39 is 10.0 Å². The number of hydrogen-bond donors (Lipinski definition) is 1. The number of benzene rings is 2. The fraction of sp³-hybridized carbons (Fsp3) is 0.316. The van der Waals surface area contributed by atoms with E-state index in [1.165, 1.54) is 0 Å². The summed E-state index contributed by atoms with van der Waals surface area (Å²) in [6.45, 7) is 1.13. The highest BCUT2D eigenvalue weighted by atomic mass is 79.9. The summed E-state index contributed by atoms with van der Waals surface area (Å²) >= 11 is 3.38. The van der Waals surface area contributed by atoms with Crippen molar-refractivity contribution in [3.8, 4) is 0 Å². The number of rotatable bonds is 5. The van der Waals surface area contributed by atoms with Crippen molar-refractivity contribution in [2.24, 2.45) is 0 Å². The highest BCUT2D eigenvalue weighted by Crippen LogP contribution is 2.17. The SMILES string of the molecule is O=C(Cc1ccc(Br)cc1)N1CCC(NS(=O)(=O)c2ccccc2)CC1.